The van der Waals surface area contributed by atoms with E-state index < -0.39 is 37.8 Å². The van der Waals surface area contributed by atoms with Crippen LogP contribution in [0.2, 0.25) is 0 Å². The fourth-order valence-corrected chi connectivity index (χ4v) is 2.90. The lowest BCUT2D eigenvalue weighted by Gasteiger charge is -2.27. The second-order valence-corrected chi connectivity index (χ2v) is 5.70. The molecule has 10 nitrogen and oxygen atoms in total. The zero-order valence-corrected chi connectivity index (χ0v) is 12.2. The molecule has 0 radical (unpaired) electrons. The molecule has 0 aromatic carbocycles. The molecule has 11 heteroatoms. The Morgan fingerprint density at radius 2 is 2.13 bits per heavy atom. The predicted molar refractivity (Wildman–Crippen MR) is 79.4 cm³/mol. The number of nitrogen functional groups attached to an aromatic ring is 1. The normalized spacial score (nSPS) is 31.0. The van der Waals surface area contributed by atoms with E-state index >= 15 is 0 Å². The average Bonchev–Trinajstić information content (AvgIpc) is 2.97. The highest BCUT2D eigenvalue weighted by atomic mass is 16.6. The first-order valence-electron chi connectivity index (χ1n) is 6.92. The van der Waals surface area contributed by atoms with Crippen molar-refractivity contribution in [3.05, 3.63) is 12.5 Å². The predicted octanol–water partition coefficient (Wildman–Crippen LogP) is -3.31. The molecule has 4 atom stereocenters. The topological polar surface area (TPSA) is 167 Å². The first kappa shape index (κ1) is 16.1. The van der Waals surface area contributed by atoms with Crippen LogP contribution in [0.3, 0.4) is 0 Å². The van der Waals surface area contributed by atoms with Crippen LogP contribution >= 0.6 is 0 Å². The summed E-state index contributed by atoms with van der Waals surface area (Å²) >= 11 is 0. The van der Waals surface area contributed by atoms with E-state index in [9.17, 15) is 25.4 Å². The number of aliphatic hydroxyl groups is 3. The summed E-state index contributed by atoms with van der Waals surface area (Å²) in [6, 6.07) is 0. The minimum atomic E-state index is -1.84. The molecule has 1 aliphatic heterocycles. The van der Waals surface area contributed by atoms with Crippen LogP contribution in [-0.4, -0.2) is 71.4 Å². The van der Waals surface area contributed by atoms with Crippen LogP contribution in [0.25, 0.3) is 11.0 Å². The van der Waals surface area contributed by atoms with Gasteiger partial charge in [-0.1, -0.05) is 0 Å². The lowest BCUT2D eigenvalue weighted by molar-refractivity contribution is -0.0947. The van der Waals surface area contributed by atoms with Crippen LogP contribution in [0, 0.1) is 0 Å². The summed E-state index contributed by atoms with van der Waals surface area (Å²) in [4.78, 5) is 7.86. The number of ether oxygens (including phenoxy) is 1. The molecular weight excluding hydrogens is 307 g/mol. The summed E-state index contributed by atoms with van der Waals surface area (Å²) in [5.74, 6) is 0.0359. The summed E-state index contributed by atoms with van der Waals surface area (Å²) in [6.45, 7) is 0.864. The monoisotopic (exact) mass is 324 g/mol. The van der Waals surface area contributed by atoms with Crippen LogP contribution in [0.1, 0.15) is 13.2 Å². The zero-order valence-electron chi connectivity index (χ0n) is 12.2. The Hall–Kier alpha value is -1.76. The number of aromatic nitrogens is 3. The number of nitrogens with zero attached hydrogens (tertiary/aromatic N) is 3. The van der Waals surface area contributed by atoms with Gasteiger partial charge in [-0.2, -0.15) is 0 Å². The molecule has 1 fully saturated rings. The second kappa shape index (κ2) is 5.41. The van der Waals surface area contributed by atoms with Crippen LogP contribution < -0.4 is 11.2 Å². The lowest BCUT2D eigenvalue weighted by atomic mass is 9.80. The molecule has 2 aromatic rings. The molecule has 23 heavy (non-hydrogen) atoms. The number of rotatable bonds is 3. The molecule has 1 aliphatic rings. The highest BCUT2D eigenvalue weighted by Gasteiger charge is 2.53. The van der Waals surface area contributed by atoms with E-state index in [1.54, 1.807) is 0 Å². The van der Waals surface area contributed by atoms with Gasteiger partial charge >= 0.3 is 7.12 Å². The Labute approximate surface area is 130 Å². The summed E-state index contributed by atoms with van der Waals surface area (Å²) in [5, 5.41) is 49.1. The maximum Gasteiger partial charge on any atom is 0.490 e. The van der Waals surface area contributed by atoms with E-state index in [4.69, 9.17) is 10.5 Å². The number of hydrogen-bond donors (Lipinski definition) is 6. The Balaban J connectivity index is 2.19. The minimum absolute atomic E-state index is 0.0359. The van der Waals surface area contributed by atoms with Crippen LogP contribution in [0.15, 0.2) is 12.5 Å². The van der Waals surface area contributed by atoms with Gasteiger partial charge in [-0.3, -0.25) is 0 Å². The van der Waals surface area contributed by atoms with Crippen molar-refractivity contribution in [3.8, 4) is 0 Å². The molecule has 3 rings (SSSR count). The largest absolute Gasteiger partial charge is 0.490 e. The number of anilines is 1. The van der Waals surface area contributed by atoms with Gasteiger partial charge in [-0.15, -0.1) is 0 Å². The maximum atomic E-state index is 10.5. The summed E-state index contributed by atoms with van der Waals surface area (Å²) in [5.41, 5.74) is 4.28. The standard InChI is InChI=1S/C12H17BN4O6/c1-12(20)8(19)6(3-18)23-11(12)17-2-5(13(21)22)7-9(14)15-4-16-10(7)17/h2,4,6,8,11,18-22H,3H2,1H3,(H2,14,15,16)/t6?,8?,11?,12-/m1/s1. The van der Waals surface area contributed by atoms with Crippen molar-refractivity contribution in [3.63, 3.8) is 0 Å². The average molecular weight is 324 g/mol. The molecular formula is C12H17BN4O6. The maximum absolute atomic E-state index is 10.5. The van der Waals surface area contributed by atoms with E-state index in [0.717, 1.165) is 0 Å². The molecule has 1 saturated heterocycles. The van der Waals surface area contributed by atoms with Crippen molar-refractivity contribution in [2.75, 3.05) is 12.3 Å². The highest BCUT2D eigenvalue weighted by molar-refractivity contribution is 6.62. The number of aliphatic hydroxyl groups excluding tert-OH is 2. The SMILES string of the molecule is C[C@@]1(O)C(O)C(CO)OC1n1cc(B(O)O)c2c(N)ncnc21. The van der Waals surface area contributed by atoms with Gasteiger partial charge in [0.15, 0.2) is 6.23 Å². The van der Waals surface area contributed by atoms with Gasteiger partial charge in [0.2, 0.25) is 0 Å². The molecule has 0 bridgehead atoms. The van der Waals surface area contributed by atoms with Gasteiger partial charge < -0.3 is 40.4 Å². The lowest BCUT2D eigenvalue weighted by Crippen LogP contribution is -2.44. The first-order chi connectivity index (χ1) is 10.8. The molecule has 7 N–H and O–H groups in total. The third-order valence-corrected chi connectivity index (χ3v) is 4.13. The smallest absolute Gasteiger partial charge is 0.423 e. The van der Waals surface area contributed by atoms with Crippen LogP contribution in [0.4, 0.5) is 5.82 Å². The minimum Gasteiger partial charge on any atom is -0.423 e. The Morgan fingerprint density at radius 3 is 2.70 bits per heavy atom. The first-order valence-corrected chi connectivity index (χ1v) is 6.92. The van der Waals surface area contributed by atoms with Crippen molar-refractivity contribution in [2.24, 2.45) is 0 Å². The summed E-state index contributed by atoms with van der Waals surface area (Å²) in [7, 11) is -1.84. The second-order valence-electron chi connectivity index (χ2n) is 5.70. The van der Waals surface area contributed by atoms with Gasteiger partial charge in [0, 0.05) is 11.7 Å². The Morgan fingerprint density at radius 1 is 1.43 bits per heavy atom. The van der Waals surface area contributed by atoms with E-state index in [0.29, 0.717) is 0 Å². The molecule has 0 amide bonds. The van der Waals surface area contributed by atoms with Gasteiger partial charge in [-0.05, 0) is 6.92 Å². The quantitative estimate of drug-likeness (QED) is 0.317. The fraction of sp³-hybridized carbons (Fsp3) is 0.500. The summed E-state index contributed by atoms with van der Waals surface area (Å²) < 4.78 is 6.85. The van der Waals surface area contributed by atoms with Gasteiger partial charge in [0.05, 0.1) is 12.0 Å². The van der Waals surface area contributed by atoms with E-state index in [2.05, 4.69) is 9.97 Å². The third-order valence-electron chi connectivity index (χ3n) is 4.13. The van der Waals surface area contributed by atoms with Crippen molar-refractivity contribution in [1.29, 1.82) is 0 Å². The number of nitrogens with two attached hydrogens (primary N) is 1. The van der Waals surface area contributed by atoms with Crippen molar-refractivity contribution in [2.45, 2.75) is 31.0 Å². The molecule has 3 unspecified atom stereocenters. The Bertz CT molecular complexity index is 736. The van der Waals surface area contributed by atoms with Crippen molar-refractivity contribution >= 4 is 29.4 Å². The molecule has 2 aromatic heterocycles. The molecule has 3 heterocycles. The van der Waals surface area contributed by atoms with Gasteiger partial charge in [0.1, 0.15) is 35.6 Å². The van der Waals surface area contributed by atoms with Crippen molar-refractivity contribution < 1.29 is 30.1 Å². The highest BCUT2D eigenvalue weighted by Crippen LogP contribution is 2.39. The molecule has 124 valence electrons. The van der Waals surface area contributed by atoms with Gasteiger partial charge in [0.25, 0.3) is 0 Å². The van der Waals surface area contributed by atoms with Gasteiger partial charge in [-0.25, -0.2) is 9.97 Å². The van der Waals surface area contributed by atoms with E-state index in [1.165, 1.54) is 24.0 Å². The Kier molecular flexibility index (Phi) is 3.79. The summed E-state index contributed by atoms with van der Waals surface area (Å²) in [6.07, 6.45) is -0.943. The van der Waals surface area contributed by atoms with Crippen molar-refractivity contribution in [1.82, 2.24) is 14.5 Å². The number of fused-ring (bicyclic) bond motifs is 1. The molecule has 0 spiro atoms. The zero-order chi connectivity index (χ0) is 16.9. The fourth-order valence-electron chi connectivity index (χ4n) is 2.90. The number of hydrogen-bond acceptors (Lipinski definition) is 9. The third kappa shape index (κ3) is 2.29. The van der Waals surface area contributed by atoms with E-state index in [-0.39, 0.29) is 22.3 Å². The van der Waals surface area contributed by atoms with E-state index in [1.807, 2.05) is 0 Å². The van der Waals surface area contributed by atoms with Crippen LogP contribution in [-0.2, 0) is 4.74 Å². The molecule has 0 saturated carbocycles. The molecule has 0 aliphatic carbocycles. The van der Waals surface area contributed by atoms with Crippen LogP contribution in [0.5, 0.6) is 0 Å².